The van der Waals surface area contributed by atoms with Gasteiger partial charge in [-0.3, -0.25) is 9.69 Å². The maximum Gasteiger partial charge on any atom is 0.227 e. The van der Waals surface area contributed by atoms with Crippen molar-refractivity contribution in [2.75, 3.05) is 26.2 Å². The van der Waals surface area contributed by atoms with Crippen LogP contribution >= 0.6 is 0 Å². The highest BCUT2D eigenvalue weighted by Gasteiger charge is 2.22. The Balaban J connectivity index is 1.23. The van der Waals surface area contributed by atoms with Gasteiger partial charge in [-0.15, -0.1) is 0 Å². The predicted molar refractivity (Wildman–Crippen MR) is 130 cm³/mol. The summed E-state index contributed by atoms with van der Waals surface area (Å²) >= 11 is 0. The molecule has 5 aliphatic rings. The Kier molecular flexibility index (Phi) is 6.36. The van der Waals surface area contributed by atoms with Gasteiger partial charge < -0.3 is 4.90 Å². The number of aryl methyl sites for hydroxylation is 4. The molecule has 164 valence electrons. The van der Waals surface area contributed by atoms with E-state index in [-0.39, 0.29) is 5.91 Å². The van der Waals surface area contributed by atoms with Gasteiger partial charge in [0.1, 0.15) is 0 Å². The molecule has 0 radical (unpaired) electrons. The summed E-state index contributed by atoms with van der Waals surface area (Å²) in [5, 5.41) is 0. The van der Waals surface area contributed by atoms with E-state index in [1.54, 1.807) is 0 Å². The second kappa shape index (κ2) is 9.70. The molecule has 0 spiro atoms. The van der Waals surface area contributed by atoms with E-state index in [1.165, 1.54) is 33.4 Å². The van der Waals surface area contributed by atoms with Gasteiger partial charge in [-0.1, -0.05) is 72.8 Å². The molecule has 4 bridgehead atoms. The van der Waals surface area contributed by atoms with Crippen LogP contribution in [-0.2, 0) is 43.4 Å². The van der Waals surface area contributed by atoms with Crippen LogP contribution in [-0.4, -0.2) is 41.9 Å². The molecule has 3 aromatic rings. The number of hydrogen-bond donors (Lipinski definition) is 0. The number of piperazine rings is 1. The molecular formula is C29H32N2O. The number of rotatable bonds is 4. The molecular weight excluding hydrogens is 392 g/mol. The van der Waals surface area contributed by atoms with Crippen molar-refractivity contribution in [2.24, 2.45) is 0 Å². The van der Waals surface area contributed by atoms with Crippen molar-refractivity contribution in [1.29, 1.82) is 0 Å². The molecule has 8 rings (SSSR count). The molecule has 4 aliphatic carbocycles. The van der Waals surface area contributed by atoms with Gasteiger partial charge in [0.2, 0.25) is 5.91 Å². The molecule has 32 heavy (non-hydrogen) atoms. The molecule has 1 heterocycles. The van der Waals surface area contributed by atoms with Gasteiger partial charge in [0.15, 0.2) is 0 Å². The second-order valence-electron chi connectivity index (χ2n) is 9.24. The molecule has 1 amide bonds. The average Bonchev–Trinajstić information content (AvgIpc) is 2.82. The molecule has 0 unspecified atom stereocenters. The van der Waals surface area contributed by atoms with Gasteiger partial charge in [-0.25, -0.2) is 0 Å². The molecule has 3 aromatic carbocycles. The zero-order valence-electron chi connectivity index (χ0n) is 18.8. The third-order valence-electron chi connectivity index (χ3n) is 6.99. The zero-order chi connectivity index (χ0) is 21.8. The normalized spacial score (nSPS) is 16.6. The molecule has 0 aromatic heterocycles. The zero-order valence-corrected chi connectivity index (χ0v) is 18.8. The SMILES string of the molecule is O=C(Cc1cc2ccc1CCc1ccc(cc1)CC2)N1CCN(Cc2ccccc2)CC1. The van der Waals surface area contributed by atoms with E-state index in [0.29, 0.717) is 6.42 Å². The van der Waals surface area contributed by atoms with Crippen LogP contribution in [0.3, 0.4) is 0 Å². The molecule has 0 atom stereocenters. The minimum absolute atomic E-state index is 0.276. The van der Waals surface area contributed by atoms with Gasteiger partial charge in [0.25, 0.3) is 0 Å². The summed E-state index contributed by atoms with van der Waals surface area (Å²) in [5.74, 6) is 0.276. The largest absolute Gasteiger partial charge is 0.340 e. The third-order valence-corrected chi connectivity index (χ3v) is 6.99. The summed E-state index contributed by atoms with van der Waals surface area (Å²) in [5.41, 5.74) is 8.02. The number of amides is 1. The summed E-state index contributed by atoms with van der Waals surface area (Å²) < 4.78 is 0. The summed E-state index contributed by atoms with van der Waals surface area (Å²) in [4.78, 5) is 17.7. The lowest BCUT2D eigenvalue weighted by Gasteiger charge is -2.35. The van der Waals surface area contributed by atoms with Crippen LogP contribution in [0.4, 0.5) is 0 Å². The number of carbonyl (C=O) groups excluding carboxylic acids is 1. The Morgan fingerprint density at radius 2 is 1.31 bits per heavy atom. The first kappa shape index (κ1) is 21.0. The Hall–Kier alpha value is -2.91. The molecule has 1 saturated heterocycles. The van der Waals surface area contributed by atoms with Crippen LogP contribution < -0.4 is 0 Å². The van der Waals surface area contributed by atoms with Crippen LogP contribution in [0.25, 0.3) is 0 Å². The monoisotopic (exact) mass is 424 g/mol. The molecule has 3 nitrogen and oxygen atoms in total. The average molecular weight is 425 g/mol. The number of benzene rings is 3. The minimum atomic E-state index is 0.276. The fourth-order valence-electron chi connectivity index (χ4n) is 4.96. The van der Waals surface area contributed by atoms with Gasteiger partial charge in [0, 0.05) is 32.7 Å². The Morgan fingerprint density at radius 3 is 2.03 bits per heavy atom. The van der Waals surface area contributed by atoms with Gasteiger partial charge in [0.05, 0.1) is 6.42 Å². The van der Waals surface area contributed by atoms with E-state index in [2.05, 4.69) is 82.6 Å². The highest BCUT2D eigenvalue weighted by Crippen LogP contribution is 2.21. The summed E-state index contributed by atoms with van der Waals surface area (Å²) in [6, 6.07) is 26.5. The van der Waals surface area contributed by atoms with Crippen LogP contribution in [0.1, 0.15) is 33.4 Å². The van der Waals surface area contributed by atoms with E-state index >= 15 is 0 Å². The Morgan fingerprint density at radius 1 is 0.688 bits per heavy atom. The molecule has 0 saturated carbocycles. The number of hydrogen-bond acceptors (Lipinski definition) is 2. The second-order valence-corrected chi connectivity index (χ2v) is 9.24. The molecule has 0 N–H and O–H groups in total. The van der Waals surface area contributed by atoms with Gasteiger partial charge in [-0.2, -0.15) is 0 Å². The first-order chi connectivity index (χ1) is 15.7. The lowest BCUT2D eigenvalue weighted by atomic mass is 9.92. The van der Waals surface area contributed by atoms with Crippen molar-refractivity contribution in [3.8, 4) is 0 Å². The fourth-order valence-corrected chi connectivity index (χ4v) is 4.96. The topological polar surface area (TPSA) is 23.6 Å². The molecule has 1 aliphatic heterocycles. The van der Waals surface area contributed by atoms with Crippen LogP contribution in [0.5, 0.6) is 0 Å². The Bertz CT molecular complexity index is 1050. The van der Waals surface area contributed by atoms with Crippen molar-refractivity contribution in [3.63, 3.8) is 0 Å². The molecule has 1 fully saturated rings. The van der Waals surface area contributed by atoms with Crippen molar-refractivity contribution in [2.45, 2.75) is 38.6 Å². The van der Waals surface area contributed by atoms with Crippen molar-refractivity contribution >= 4 is 5.91 Å². The fraction of sp³-hybridized carbons (Fsp3) is 0.345. The third kappa shape index (κ3) is 5.11. The quantitative estimate of drug-likeness (QED) is 0.618. The van der Waals surface area contributed by atoms with Gasteiger partial charge in [-0.05, 0) is 59.1 Å². The predicted octanol–water partition coefficient (Wildman–Crippen LogP) is 4.46. The van der Waals surface area contributed by atoms with Crippen LogP contribution in [0.15, 0.2) is 72.8 Å². The van der Waals surface area contributed by atoms with E-state index in [1.807, 2.05) is 0 Å². The van der Waals surface area contributed by atoms with E-state index in [9.17, 15) is 4.79 Å². The minimum Gasteiger partial charge on any atom is -0.340 e. The first-order valence-electron chi connectivity index (χ1n) is 12.0. The van der Waals surface area contributed by atoms with E-state index in [4.69, 9.17) is 0 Å². The summed E-state index contributed by atoms with van der Waals surface area (Å²) in [6.07, 6.45) is 4.63. The smallest absolute Gasteiger partial charge is 0.227 e. The lowest BCUT2D eigenvalue weighted by Crippen LogP contribution is -2.48. The summed E-state index contributed by atoms with van der Waals surface area (Å²) in [7, 11) is 0. The van der Waals surface area contributed by atoms with Crippen molar-refractivity contribution < 1.29 is 4.79 Å². The standard InChI is InChI=1S/C29H32N2O/c32-29(31-18-16-30(17-19-31)22-26-4-2-1-3-5-26)21-28-20-25-11-10-23-6-8-24(9-7-23)12-14-27(28)15-13-25/h1-9,13,15,20H,10-12,14,16-19,21-22H2. The van der Waals surface area contributed by atoms with Crippen LogP contribution in [0, 0.1) is 0 Å². The van der Waals surface area contributed by atoms with Gasteiger partial charge >= 0.3 is 0 Å². The van der Waals surface area contributed by atoms with E-state index < -0.39 is 0 Å². The number of carbonyl (C=O) groups is 1. The summed E-state index contributed by atoms with van der Waals surface area (Å²) in [6.45, 7) is 4.51. The maximum atomic E-state index is 13.2. The maximum absolute atomic E-state index is 13.2. The Labute approximate surface area is 191 Å². The first-order valence-corrected chi connectivity index (χ1v) is 12.0. The van der Waals surface area contributed by atoms with Crippen molar-refractivity contribution in [1.82, 2.24) is 9.80 Å². The molecule has 3 heteroatoms. The van der Waals surface area contributed by atoms with Crippen molar-refractivity contribution in [3.05, 3.63) is 106 Å². The highest BCUT2D eigenvalue weighted by molar-refractivity contribution is 5.79. The highest BCUT2D eigenvalue weighted by atomic mass is 16.2. The van der Waals surface area contributed by atoms with Crippen LogP contribution in [0.2, 0.25) is 0 Å². The van der Waals surface area contributed by atoms with E-state index in [0.717, 1.165) is 58.4 Å². The number of nitrogens with zero attached hydrogens (tertiary/aromatic N) is 2. The lowest BCUT2D eigenvalue weighted by molar-refractivity contribution is -0.132.